The molecule has 0 aliphatic heterocycles. The predicted molar refractivity (Wildman–Crippen MR) is 91.9 cm³/mol. The Labute approximate surface area is 145 Å². The van der Waals surface area contributed by atoms with E-state index in [0.717, 1.165) is 17.1 Å². The second-order valence-electron chi connectivity index (χ2n) is 5.31. The first-order valence-corrected chi connectivity index (χ1v) is 7.16. The summed E-state index contributed by atoms with van der Waals surface area (Å²) in [5, 5.41) is 8.40. The molecule has 1 aromatic heterocycles. The van der Waals surface area contributed by atoms with Crippen molar-refractivity contribution in [2.75, 3.05) is 11.9 Å². The van der Waals surface area contributed by atoms with Crippen LogP contribution >= 0.6 is 12.4 Å². The Hall–Kier alpha value is -2.47. The van der Waals surface area contributed by atoms with E-state index in [1.807, 2.05) is 23.6 Å². The SMILES string of the molecule is CN(c1ccc(F)cc1)c1nnc(Cc2ccc(F)cc2)n1C.Cl. The number of hydrogen-bond donors (Lipinski definition) is 0. The van der Waals surface area contributed by atoms with E-state index in [1.165, 1.54) is 24.3 Å². The lowest BCUT2D eigenvalue weighted by atomic mass is 10.1. The topological polar surface area (TPSA) is 34.0 Å². The Bertz CT molecular complexity index is 800. The lowest BCUT2D eigenvalue weighted by Gasteiger charge is -2.18. The maximum absolute atomic E-state index is 13.0. The van der Waals surface area contributed by atoms with Gasteiger partial charge in [0.15, 0.2) is 0 Å². The van der Waals surface area contributed by atoms with Gasteiger partial charge in [-0.3, -0.25) is 4.57 Å². The summed E-state index contributed by atoms with van der Waals surface area (Å²) >= 11 is 0. The van der Waals surface area contributed by atoms with Crippen molar-refractivity contribution in [2.45, 2.75) is 6.42 Å². The van der Waals surface area contributed by atoms with Crippen molar-refractivity contribution < 1.29 is 8.78 Å². The fourth-order valence-electron chi connectivity index (χ4n) is 2.36. The average molecular weight is 351 g/mol. The standard InChI is InChI=1S/C17H16F2N4.ClH/c1-22(15-9-7-14(19)8-10-15)17-21-20-16(23(17)2)11-12-3-5-13(18)6-4-12;/h3-10H,11H2,1-2H3;1H. The lowest BCUT2D eigenvalue weighted by molar-refractivity contribution is 0.627. The fourth-order valence-corrected chi connectivity index (χ4v) is 2.36. The smallest absolute Gasteiger partial charge is 0.231 e. The molecule has 24 heavy (non-hydrogen) atoms. The monoisotopic (exact) mass is 350 g/mol. The molecule has 126 valence electrons. The van der Waals surface area contributed by atoms with Crippen molar-refractivity contribution in [3.8, 4) is 0 Å². The van der Waals surface area contributed by atoms with Crippen molar-refractivity contribution in [2.24, 2.45) is 7.05 Å². The van der Waals surface area contributed by atoms with Crippen LogP contribution in [0.4, 0.5) is 20.4 Å². The molecule has 0 N–H and O–H groups in total. The Morgan fingerprint density at radius 2 is 1.46 bits per heavy atom. The van der Waals surface area contributed by atoms with Gasteiger partial charge in [-0.05, 0) is 42.0 Å². The van der Waals surface area contributed by atoms with Crippen molar-refractivity contribution in [1.29, 1.82) is 0 Å². The van der Waals surface area contributed by atoms with Crippen LogP contribution in [0.5, 0.6) is 0 Å². The molecule has 0 radical (unpaired) electrons. The van der Waals surface area contributed by atoms with Gasteiger partial charge in [-0.15, -0.1) is 22.6 Å². The zero-order valence-corrected chi connectivity index (χ0v) is 14.1. The van der Waals surface area contributed by atoms with Crippen LogP contribution < -0.4 is 4.90 Å². The molecule has 0 aliphatic carbocycles. The number of benzene rings is 2. The minimum Gasteiger partial charge on any atom is -0.314 e. The number of hydrogen-bond acceptors (Lipinski definition) is 3. The van der Waals surface area contributed by atoms with Crippen LogP contribution in [-0.2, 0) is 13.5 Å². The van der Waals surface area contributed by atoms with Gasteiger partial charge in [0.05, 0.1) is 0 Å². The van der Waals surface area contributed by atoms with E-state index in [2.05, 4.69) is 10.2 Å². The maximum Gasteiger partial charge on any atom is 0.231 e. The maximum atomic E-state index is 13.0. The molecule has 1 heterocycles. The highest BCUT2D eigenvalue weighted by Crippen LogP contribution is 2.22. The van der Waals surface area contributed by atoms with Gasteiger partial charge in [0, 0.05) is 26.2 Å². The molecule has 0 saturated heterocycles. The van der Waals surface area contributed by atoms with Crippen molar-refractivity contribution in [1.82, 2.24) is 14.8 Å². The molecule has 0 bridgehead atoms. The highest BCUT2D eigenvalue weighted by atomic mass is 35.5. The van der Waals surface area contributed by atoms with Gasteiger partial charge >= 0.3 is 0 Å². The van der Waals surface area contributed by atoms with E-state index in [1.54, 1.807) is 24.3 Å². The van der Waals surface area contributed by atoms with Crippen LogP contribution in [0.15, 0.2) is 48.5 Å². The molecule has 4 nitrogen and oxygen atoms in total. The molecular formula is C17H17ClF2N4. The number of halogens is 3. The Morgan fingerprint density at radius 1 is 0.917 bits per heavy atom. The summed E-state index contributed by atoms with van der Waals surface area (Å²) in [5.41, 5.74) is 1.77. The van der Waals surface area contributed by atoms with E-state index in [0.29, 0.717) is 12.4 Å². The molecule has 0 saturated carbocycles. The Balaban J connectivity index is 0.00000208. The number of anilines is 2. The molecule has 7 heteroatoms. The fraction of sp³-hybridized carbons (Fsp3) is 0.176. The van der Waals surface area contributed by atoms with Crippen molar-refractivity contribution >= 4 is 24.0 Å². The number of nitrogens with zero attached hydrogens (tertiary/aromatic N) is 4. The summed E-state index contributed by atoms with van der Waals surface area (Å²) in [4.78, 5) is 1.83. The van der Waals surface area contributed by atoms with E-state index < -0.39 is 0 Å². The van der Waals surface area contributed by atoms with E-state index in [-0.39, 0.29) is 24.0 Å². The van der Waals surface area contributed by atoms with Gasteiger partial charge in [-0.25, -0.2) is 8.78 Å². The largest absolute Gasteiger partial charge is 0.314 e. The molecule has 0 spiro atoms. The Kier molecular flexibility index (Phi) is 5.51. The van der Waals surface area contributed by atoms with Crippen LogP contribution in [0.3, 0.4) is 0 Å². The first kappa shape index (κ1) is 17.9. The lowest BCUT2D eigenvalue weighted by Crippen LogP contribution is -2.15. The van der Waals surface area contributed by atoms with E-state index in [9.17, 15) is 8.78 Å². The van der Waals surface area contributed by atoms with Crippen LogP contribution in [-0.4, -0.2) is 21.8 Å². The van der Waals surface area contributed by atoms with Crippen LogP contribution in [0.1, 0.15) is 11.4 Å². The highest BCUT2D eigenvalue weighted by Gasteiger charge is 2.14. The molecule has 2 aromatic carbocycles. The zero-order valence-electron chi connectivity index (χ0n) is 13.3. The third kappa shape index (κ3) is 3.71. The summed E-state index contributed by atoms with van der Waals surface area (Å²) < 4.78 is 27.9. The summed E-state index contributed by atoms with van der Waals surface area (Å²) in [6.45, 7) is 0. The van der Waals surface area contributed by atoms with Crippen LogP contribution in [0, 0.1) is 11.6 Å². The molecule has 3 aromatic rings. The first-order valence-electron chi connectivity index (χ1n) is 7.16. The van der Waals surface area contributed by atoms with Gasteiger partial charge in [0.1, 0.15) is 17.5 Å². The van der Waals surface area contributed by atoms with Gasteiger partial charge in [-0.1, -0.05) is 12.1 Å². The molecular weight excluding hydrogens is 334 g/mol. The molecule has 0 unspecified atom stereocenters. The van der Waals surface area contributed by atoms with Crippen LogP contribution in [0.2, 0.25) is 0 Å². The number of aromatic nitrogens is 3. The molecule has 0 aliphatic rings. The minimum atomic E-state index is -0.280. The summed E-state index contributed by atoms with van der Waals surface area (Å²) in [5.74, 6) is 0.870. The quantitative estimate of drug-likeness (QED) is 0.716. The average Bonchev–Trinajstić information content (AvgIpc) is 2.90. The zero-order chi connectivity index (χ0) is 16.4. The van der Waals surface area contributed by atoms with Crippen LogP contribution in [0.25, 0.3) is 0 Å². The van der Waals surface area contributed by atoms with E-state index in [4.69, 9.17) is 0 Å². The van der Waals surface area contributed by atoms with Gasteiger partial charge in [0.25, 0.3) is 0 Å². The van der Waals surface area contributed by atoms with Gasteiger partial charge < -0.3 is 4.90 Å². The van der Waals surface area contributed by atoms with Crippen molar-refractivity contribution in [3.63, 3.8) is 0 Å². The third-order valence-corrected chi connectivity index (χ3v) is 3.73. The third-order valence-electron chi connectivity index (χ3n) is 3.73. The van der Waals surface area contributed by atoms with Gasteiger partial charge in [-0.2, -0.15) is 0 Å². The molecule has 0 amide bonds. The van der Waals surface area contributed by atoms with Crippen molar-refractivity contribution in [3.05, 3.63) is 71.6 Å². The first-order chi connectivity index (χ1) is 11.0. The summed E-state index contributed by atoms with van der Waals surface area (Å²) in [6, 6.07) is 12.5. The predicted octanol–water partition coefficient (Wildman–Crippen LogP) is 3.87. The molecule has 0 fully saturated rings. The second kappa shape index (κ2) is 7.40. The minimum absolute atomic E-state index is 0. The molecule has 3 rings (SSSR count). The second-order valence-corrected chi connectivity index (χ2v) is 5.31. The molecule has 0 atom stereocenters. The normalized spacial score (nSPS) is 10.3. The van der Waals surface area contributed by atoms with E-state index >= 15 is 0 Å². The highest BCUT2D eigenvalue weighted by molar-refractivity contribution is 5.85. The van der Waals surface area contributed by atoms with Gasteiger partial charge in [0.2, 0.25) is 5.95 Å². The summed E-state index contributed by atoms with van der Waals surface area (Å²) in [7, 11) is 3.72. The number of rotatable bonds is 4. The summed E-state index contributed by atoms with van der Waals surface area (Å²) in [6.07, 6.45) is 0.557. The Morgan fingerprint density at radius 3 is 2.04 bits per heavy atom.